The van der Waals surface area contributed by atoms with Crippen molar-refractivity contribution in [1.82, 2.24) is 9.88 Å². The van der Waals surface area contributed by atoms with Gasteiger partial charge < -0.3 is 10.2 Å². The van der Waals surface area contributed by atoms with Crippen LogP contribution in [0.15, 0.2) is 78.0 Å². The molecule has 0 bridgehead atoms. The van der Waals surface area contributed by atoms with E-state index in [-0.39, 0.29) is 11.7 Å². The summed E-state index contributed by atoms with van der Waals surface area (Å²) in [5.41, 5.74) is 3.34. The predicted octanol–water partition coefficient (Wildman–Crippen LogP) is 4.79. The maximum absolute atomic E-state index is 12.3. The largest absolute Gasteiger partial charge is 0.369 e. The number of anilines is 2. The molecule has 0 spiro atoms. The summed E-state index contributed by atoms with van der Waals surface area (Å²) >= 11 is 7.42. The fraction of sp³-hybridized carbons (Fsp3) is 0.250. The van der Waals surface area contributed by atoms with Crippen LogP contribution in [0, 0.1) is 0 Å². The zero-order chi connectivity index (χ0) is 21.5. The highest BCUT2D eigenvalue weighted by molar-refractivity contribution is 8.00. The summed E-state index contributed by atoms with van der Waals surface area (Å²) in [4.78, 5) is 21.3. The lowest BCUT2D eigenvalue weighted by atomic mass is 10.2. The number of halogens is 1. The number of nitrogens with zero attached hydrogens (tertiary/aromatic N) is 3. The van der Waals surface area contributed by atoms with Gasteiger partial charge in [0.15, 0.2) is 0 Å². The molecule has 2 aromatic carbocycles. The van der Waals surface area contributed by atoms with Gasteiger partial charge in [-0.2, -0.15) is 0 Å². The monoisotopic (exact) mass is 452 g/mol. The maximum atomic E-state index is 12.3. The Hall–Kier alpha value is -2.54. The lowest BCUT2D eigenvalue weighted by Gasteiger charge is -2.36. The maximum Gasteiger partial charge on any atom is 0.234 e. The van der Waals surface area contributed by atoms with E-state index in [0.29, 0.717) is 10.0 Å². The molecule has 160 valence electrons. The van der Waals surface area contributed by atoms with Crippen molar-refractivity contribution in [1.29, 1.82) is 0 Å². The van der Waals surface area contributed by atoms with Crippen LogP contribution >= 0.6 is 23.4 Å². The summed E-state index contributed by atoms with van der Waals surface area (Å²) in [6, 6.07) is 22.2. The molecule has 1 saturated heterocycles. The highest BCUT2D eigenvalue weighted by Crippen LogP contribution is 2.24. The molecule has 5 nitrogen and oxygen atoms in total. The van der Waals surface area contributed by atoms with E-state index in [1.165, 1.54) is 23.0 Å². The van der Waals surface area contributed by atoms with Gasteiger partial charge in [0, 0.05) is 50.3 Å². The Morgan fingerprint density at radius 3 is 2.42 bits per heavy atom. The number of aromatic nitrogens is 1. The van der Waals surface area contributed by atoms with Crippen LogP contribution in [0.3, 0.4) is 0 Å². The average molecular weight is 453 g/mol. The minimum absolute atomic E-state index is 0.0750. The fourth-order valence-electron chi connectivity index (χ4n) is 3.57. The Labute approximate surface area is 192 Å². The molecule has 31 heavy (non-hydrogen) atoms. The average Bonchev–Trinajstić information content (AvgIpc) is 2.80. The molecule has 0 atom stereocenters. The first-order chi connectivity index (χ1) is 15.2. The summed E-state index contributed by atoms with van der Waals surface area (Å²) in [7, 11) is 0. The minimum Gasteiger partial charge on any atom is -0.369 e. The zero-order valence-corrected chi connectivity index (χ0v) is 18.8. The number of hydrogen-bond donors (Lipinski definition) is 1. The molecule has 1 aliphatic heterocycles. The van der Waals surface area contributed by atoms with E-state index in [4.69, 9.17) is 11.6 Å². The third kappa shape index (κ3) is 6.23. The Morgan fingerprint density at radius 2 is 1.71 bits per heavy atom. The Morgan fingerprint density at radius 1 is 0.968 bits per heavy atom. The van der Waals surface area contributed by atoms with Crippen LogP contribution < -0.4 is 10.2 Å². The second kappa shape index (κ2) is 10.7. The van der Waals surface area contributed by atoms with Crippen LogP contribution in [0.1, 0.15) is 5.56 Å². The molecule has 0 saturated carbocycles. The lowest BCUT2D eigenvalue weighted by molar-refractivity contribution is -0.113. The highest BCUT2D eigenvalue weighted by atomic mass is 35.5. The minimum atomic E-state index is -0.0750. The Kier molecular flexibility index (Phi) is 7.46. The molecule has 1 aromatic heterocycles. The van der Waals surface area contributed by atoms with Crippen molar-refractivity contribution in [3.05, 3.63) is 83.5 Å². The van der Waals surface area contributed by atoms with Crippen molar-refractivity contribution in [3.63, 3.8) is 0 Å². The fourth-order valence-corrected chi connectivity index (χ4v) is 4.54. The lowest BCUT2D eigenvalue weighted by Crippen LogP contribution is -2.45. The standard InChI is InChI=1S/C24H25ClN4OS/c25-22-7-4-12-26-24(22)31-18-23(30)27-20-8-10-21(11-9-20)29-15-13-28(14-16-29)17-19-5-2-1-3-6-19/h1-12H,13-18H2,(H,27,30). The summed E-state index contributed by atoms with van der Waals surface area (Å²) in [5.74, 6) is 0.191. The van der Waals surface area contributed by atoms with Crippen molar-refractivity contribution in [2.75, 3.05) is 42.1 Å². The number of benzene rings is 2. The molecule has 2 heterocycles. The van der Waals surface area contributed by atoms with Crippen LogP contribution in [0.2, 0.25) is 5.02 Å². The van der Waals surface area contributed by atoms with Crippen LogP contribution in [-0.4, -0.2) is 47.7 Å². The normalized spacial score (nSPS) is 14.4. The van der Waals surface area contributed by atoms with E-state index < -0.39 is 0 Å². The van der Waals surface area contributed by atoms with Crippen molar-refractivity contribution in [2.24, 2.45) is 0 Å². The second-order valence-electron chi connectivity index (χ2n) is 7.42. The SMILES string of the molecule is O=C(CSc1ncccc1Cl)Nc1ccc(N2CCN(Cc3ccccc3)CC2)cc1. The topological polar surface area (TPSA) is 48.5 Å². The smallest absolute Gasteiger partial charge is 0.234 e. The molecule has 0 aliphatic carbocycles. The van der Waals surface area contributed by atoms with E-state index in [2.05, 4.69) is 62.6 Å². The Bertz CT molecular complexity index is 992. The molecular formula is C24H25ClN4OS. The van der Waals surface area contributed by atoms with E-state index in [1.54, 1.807) is 18.3 Å². The number of nitrogens with one attached hydrogen (secondary N) is 1. The molecule has 7 heteroatoms. The number of hydrogen-bond acceptors (Lipinski definition) is 5. The van der Waals surface area contributed by atoms with Gasteiger partial charge in [0.25, 0.3) is 0 Å². The number of amides is 1. The summed E-state index contributed by atoms with van der Waals surface area (Å²) < 4.78 is 0. The van der Waals surface area contributed by atoms with Crippen LogP contribution in [0.4, 0.5) is 11.4 Å². The highest BCUT2D eigenvalue weighted by Gasteiger charge is 2.17. The molecule has 4 rings (SSSR count). The van der Waals surface area contributed by atoms with Crippen LogP contribution in [0.25, 0.3) is 0 Å². The van der Waals surface area contributed by atoms with Gasteiger partial charge in [0.05, 0.1) is 10.8 Å². The number of pyridine rings is 1. The van der Waals surface area contributed by atoms with Gasteiger partial charge in [-0.15, -0.1) is 0 Å². The number of rotatable bonds is 7. The first-order valence-electron chi connectivity index (χ1n) is 10.3. The van der Waals surface area contributed by atoms with Crippen LogP contribution in [-0.2, 0) is 11.3 Å². The first kappa shape index (κ1) is 21.7. The predicted molar refractivity (Wildman–Crippen MR) is 129 cm³/mol. The van der Waals surface area contributed by atoms with Gasteiger partial charge in [-0.05, 0) is 42.0 Å². The Balaban J connectivity index is 1.24. The van der Waals surface area contributed by atoms with Crippen molar-refractivity contribution < 1.29 is 4.79 Å². The third-order valence-corrected chi connectivity index (χ3v) is 6.62. The summed E-state index contributed by atoms with van der Waals surface area (Å²) in [6.07, 6.45) is 1.67. The summed E-state index contributed by atoms with van der Waals surface area (Å²) in [6.45, 7) is 5.09. The van der Waals surface area contributed by atoms with Crippen molar-refractivity contribution in [3.8, 4) is 0 Å². The summed E-state index contributed by atoms with van der Waals surface area (Å²) in [5, 5.41) is 4.17. The molecular weight excluding hydrogens is 428 g/mol. The molecule has 1 fully saturated rings. The first-order valence-corrected chi connectivity index (χ1v) is 11.7. The van der Waals surface area contributed by atoms with E-state index in [0.717, 1.165) is 38.4 Å². The van der Waals surface area contributed by atoms with Gasteiger partial charge in [-0.1, -0.05) is 53.7 Å². The van der Waals surface area contributed by atoms with E-state index >= 15 is 0 Å². The molecule has 0 unspecified atom stereocenters. The van der Waals surface area contributed by atoms with E-state index in [9.17, 15) is 4.79 Å². The van der Waals surface area contributed by atoms with Gasteiger partial charge in [0.2, 0.25) is 5.91 Å². The quantitative estimate of drug-likeness (QED) is 0.522. The van der Waals surface area contributed by atoms with E-state index in [1.807, 2.05) is 12.1 Å². The molecule has 1 aliphatic rings. The van der Waals surface area contributed by atoms with Crippen LogP contribution in [0.5, 0.6) is 0 Å². The van der Waals surface area contributed by atoms with Gasteiger partial charge >= 0.3 is 0 Å². The number of piperazine rings is 1. The number of carbonyl (C=O) groups excluding carboxylic acids is 1. The molecule has 1 amide bonds. The third-order valence-electron chi connectivity index (χ3n) is 5.20. The second-order valence-corrected chi connectivity index (χ2v) is 8.79. The number of carbonyl (C=O) groups is 1. The van der Waals surface area contributed by atoms with Gasteiger partial charge in [-0.3, -0.25) is 9.69 Å². The number of thioether (sulfide) groups is 1. The molecule has 3 aromatic rings. The van der Waals surface area contributed by atoms with Gasteiger partial charge in [0.1, 0.15) is 5.03 Å². The molecule has 1 N–H and O–H groups in total. The van der Waals surface area contributed by atoms with Gasteiger partial charge in [-0.25, -0.2) is 4.98 Å². The molecule has 0 radical (unpaired) electrons. The zero-order valence-electron chi connectivity index (χ0n) is 17.2. The van der Waals surface area contributed by atoms with Crippen molar-refractivity contribution >= 4 is 40.6 Å². The van der Waals surface area contributed by atoms with Crippen molar-refractivity contribution in [2.45, 2.75) is 11.6 Å².